The molecule has 51 heavy (non-hydrogen) atoms. The summed E-state index contributed by atoms with van der Waals surface area (Å²) in [6, 6.07) is 64.9. The number of hydrogen-bond acceptors (Lipinski definition) is 1. The molecular formula is C49H42N2. The van der Waals surface area contributed by atoms with Crippen molar-refractivity contribution in [3.63, 3.8) is 0 Å². The summed E-state index contributed by atoms with van der Waals surface area (Å²) >= 11 is 0. The summed E-state index contributed by atoms with van der Waals surface area (Å²) in [5.41, 5.74) is 13.7. The monoisotopic (exact) mass is 658 g/mol. The maximum absolute atomic E-state index is 2.39. The van der Waals surface area contributed by atoms with E-state index in [2.05, 4.69) is 192 Å². The largest absolute Gasteiger partial charge is 0.311 e. The minimum atomic E-state index is 0.0850. The van der Waals surface area contributed by atoms with Crippen LogP contribution >= 0.6 is 0 Å². The molecule has 0 N–H and O–H groups in total. The summed E-state index contributed by atoms with van der Waals surface area (Å²) in [5, 5.41) is 2.54. The van der Waals surface area contributed by atoms with Crippen molar-refractivity contribution in [1.29, 1.82) is 0 Å². The lowest BCUT2D eigenvalue weighted by molar-refractivity contribution is 0.346. The Hall–Kier alpha value is -5.86. The number of benzene rings is 7. The number of anilines is 3. The summed E-state index contributed by atoms with van der Waals surface area (Å²) in [6.07, 6.45) is 6.29. The first-order valence-corrected chi connectivity index (χ1v) is 18.4. The quantitative estimate of drug-likeness (QED) is 0.165. The van der Waals surface area contributed by atoms with Crippen LogP contribution in [0.15, 0.2) is 176 Å². The molecule has 0 aliphatic heterocycles. The zero-order valence-electron chi connectivity index (χ0n) is 29.2. The first-order valence-electron chi connectivity index (χ1n) is 18.4. The molecule has 1 aliphatic rings. The van der Waals surface area contributed by atoms with Crippen molar-refractivity contribution >= 4 is 38.9 Å². The molecule has 1 fully saturated rings. The number of nitrogens with zero attached hydrogens (tertiary/aromatic N) is 2. The number of para-hydroxylation sites is 2. The molecule has 7 aromatic carbocycles. The Morgan fingerprint density at radius 2 is 0.980 bits per heavy atom. The minimum Gasteiger partial charge on any atom is -0.311 e. The Labute approximate surface area is 301 Å². The van der Waals surface area contributed by atoms with Gasteiger partial charge in [0.05, 0.1) is 11.0 Å². The van der Waals surface area contributed by atoms with Crippen LogP contribution in [0, 0.1) is 6.92 Å². The van der Waals surface area contributed by atoms with E-state index in [0.717, 1.165) is 11.4 Å². The van der Waals surface area contributed by atoms with Gasteiger partial charge in [-0.15, -0.1) is 0 Å². The maximum Gasteiger partial charge on any atom is 0.0547 e. The summed E-state index contributed by atoms with van der Waals surface area (Å²) in [6.45, 7) is 2.15. The van der Waals surface area contributed by atoms with Crippen molar-refractivity contribution in [3.8, 4) is 16.8 Å². The standard InChI is InChI=1S/C49H42N2/c1-36-19-26-42(27-20-36)50(44-30-24-40(25-31-44)49(33-11-4-12-34-49)39-13-5-2-6-14-39)43-28-21-37(22-29-43)38-23-32-46-45-17-9-10-18-47(45)51(48(46)35-38)41-15-7-3-8-16-41/h2-3,5-10,13-32,35H,4,11-12,33-34H2,1H3. The Bertz CT molecular complexity index is 2420. The van der Waals surface area contributed by atoms with Crippen LogP contribution in [-0.4, -0.2) is 4.57 Å². The van der Waals surface area contributed by atoms with E-state index in [0.29, 0.717) is 0 Å². The normalized spacial score (nSPS) is 14.1. The molecule has 248 valence electrons. The molecule has 0 atom stereocenters. The van der Waals surface area contributed by atoms with E-state index in [1.807, 2.05) is 0 Å². The molecule has 0 bridgehead atoms. The highest BCUT2D eigenvalue weighted by molar-refractivity contribution is 6.10. The third-order valence-corrected chi connectivity index (χ3v) is 11.2. The van der Waals surface area contributed by atoms with E-state index in [9.17, 15) is 0 Å². The molecular weight excluding hydrogens is 617 g/mol. The molecule has 2 nitrogen and oxygen atoms in total. The highest BCUT2D eigenvalue weighted by Crippen LogP contribution is 2.46. The number of fused-ring (bicyclic) bond motifs is 3. The van der Waals surface area contributed by atoms with E-state index >= 15 is 0 Å². The average Bonchev–Trinajstić information content (AvgIpc) is 3.54. The molecule has 0 amide bonds. The van der Waals surface area contributed by atoms with Crippen LogP contribution < -0.4 is 4.90 Å². The molecule has 1 saturated carbocycles. The van der Waals surface area contributed by atoms with Crippen LogP contribution in [-0.2, 0) is 5.41 Å². The predicted octanol–water partition coefficient (Wildman–Crippen LogP) is 13.5. The topological polar surface area (TPSA) is 8.17 Å². The molecule has 1 aromatic heterocycles. The van der Waals surface area contributed by atoms with Crippen LogP contribution in [0.5, 0.6) is 0 Å². The second-order valence-electron chi connectivity index (χ2n) is 14.2. The lowest BCUT2D eigenvalue weighted by Crippen LogP contribution is -2.30. The Morgan fingerprint density at radius 3 is 1.67 bits per heavy atom. The van der Waals surface area contributed by atoms with Crippen molar-refractivity contribution in [1.82, 2.24) is 4.57 Å². The van der Waals surface area contributed by atoms with E-state index in [1.54, 1.807) is 0 Å². The van der Waals surface area contributed by atoms with E-state index in [4.69, 9.17) is 0 Å². The average molecular weight is 659 g/mol. The van der Waals surface area contributed by atoms with Crippen LogP contribution in [0.4, 0.5) is 17.1 Å². The zero-order chi connectivity index (χ0) is 34.2. The van der Waals surface area contributed by atoms with Gasteiger partial charge in [-0.2, -0.15) is 0 Å². The van der Waals surface area contributed by atoms with E-state index in [-0.39, 0.29) is 5.41 Å². The van der Waals surface area contributed by atoms with Gasteiger partial charge in [0, 0.05) is 38.9 Å². The molecule has 0 unspecified atom stereocenters. The van der Waals surface area contributed by atoms with Crippen molar-refractivity contribution < 1.29 is 0 Å². The van der Waals surface area contributed by atoms with E-state index < -0.39 is 0 Å². The third kappa shape index (κ3) is 5.62. The van der Waals surface area contributed by atoms with Gasteiger partial charge in [0.2, 0.25) is 0 Å². The van der Waals surface area contributed by atoms with Gasteiger partial charge >= 0.3 is 0 Å². The predicted molar refractivity (Wildman–Crippen MR) is 216 cm³/mol. The van der Waals surface area contributed by atoms with Gasteiger partial charge in [0.1, 0.15) is 0 Å². The van der Waals surface area contributed by atoms with Gasteiger partial charge in [-0.3, -0.25) is 0 Å². The molecule has 0 spiro atoms. The fraction of sp³-hybridized carbons (Fsp3) is 0.143. The van der Waals surface area contributed by atoms with Gasteiger partial charge in [-0.25, -0.2) is 0 Å². The fourth-order valence-electron chi connectivity index (χ4n) is 8.54. The first-order chi connectivity index (χ1) is 25.2. The molecule has 8 aromatic rings. The molecule has 2 heteroatoms. The second-order valence-corrected chi connectivity index (χ2v) is 14.2. The lowest BCUT2D eigenvalue weighted by Gasteiger charge is -2.39. The zero-order valence-corrected chi connectivity index (χ0v) is 29.2. The highest BCUT2D eigenvalue weighted by Gasteiger charge is 2.35. The molecule has 9 rings (SSSR count). The fourth-order valence-corrected chi connectivity index (χ4v) is 8.54. The number of aryl methyl sites for hydroxylation is 1. The summed E-state index contributed by atoms with van der Waals surface area (Å²) < 4.78 is 2.39. The number of hydrogen-bond donors (Lipinski definition) is 0. The summed E-state index contributed by atoms with van der Waals surface area (Å²) in [5.74, 6) is 0. The number of aromatic nitrogens is 1. The SMILES string of the molecule is Cc1ccc(N(c2ccc(-c3ccc4c5ccccc5n(-c5ccccc5)c4c3)cc2)c2ccc(C3(c4ccccc4)CCCCC3)cc2)cc1. The smallest absolute Gasteiger partial charge is 0.0547 e. The second kappa shape index (κ2) is 13.1. The maximum atomic E-state index is 2.39. The van der Waals surface area contributed by atoms with Crippen LogP contribution in [0.2, 0.25) is 0 Å². The van der Waals surface area contributed by atoms with Crippen LogP contribution in [0.25, 0.3) is 38.6 Å². The Kier molecular flexibility index (Phi) is 8.01. The molecule has 1 aliphatic carbocycles. The van der Waals surface area contributed by atoms with E-state index in [1.165, 1.54) is 93.1 Å². The summed E-state index contributed by atoms with van der Waals surface area (Å²) in [7, 11) is 0. The Balaban J connectivity index is 1.10. The molecule has 1 heterocycles. The third-order valence-electron chi connectivity index (χ3n) is 11.2. The van der Waals surface area contributed by atoms with Crippen molar-refractivity contribution in [2.45, 2.75) is 44.4 Å². The molecule has 0 saturated heterocycles. The van der Waals surface area contributed by atoms with Crippen LogP contribution in [0.3, 0.4) is 0 Å². The van der Waals surface area contributed by atoms with Crippen molar-refractivity contribution in [2.75, 3.05) is 4.90 Å². The van der Waals surface area contributed by atoms with Crippen molar-refractivity contribution in [2.24, 2.45) is 0 Å². The summed E-state index contributed by atoms with van der Waals surface area (Å²) in [4.78, 5) is 2.39. The van der Waals surface area contributed by atoms with Crippen LogP contribution in [0.1, 0.15) is 48.8 Å². The molecule has 0 radical (unpaired) electrons. The van der Waals surface area contributed by atoms with Crippen molar-refractivity contribution in [3.05, 3.63) is 193 Å². The van der Waals surface area contributed by atoms with Gasteiger partial charge < -0.3 is 9.47 Å². The van der Waals surface area contributed by atoms with Gasteiger partial charge in [0.15, 0.2) is 0 Å². The minimum absolute atomic E-state index is 0.0850. The highest BCUT2D eigenvalue weighted by atomic mass is 15.1. The first kappa shape index (κ1) is 31.1. The van der Waals surface area contributed by atoms with Gasteiger partial charge in [0.25, 0.3) is 0 Å². The van der Waals surface area contributed by atoms with Gasteiger partial charge in [-0.1, -0.05) is 140 Å². The van der Waals surface area contributed by atoms with Gasteiger partial charge in [-0.05, 0) is 103 Å². The number of rotatable bonds is 7. The Morgan fingerprint density at radius 1 is 0.451 bits per heavy atom. The lowest BCUT2D eigenvalue weighted by atomic mass is 9.65.